The fourth-order valence-electron chi connectivity index (χ4n) is 3.49. The Morgan fingerprint density at radius 2 is 1.96 bits per heavy atom. The van der Waals surface area contributed by atoms with Crippen LogP contribution in [0.3, 0.4) is 0 Å². The van der Waals surface area contributed by atoms with E-state index in [1.54, 1.807) is 14.2 Å². The number of likely N-dealkylation sites (tertiary alicyclic amines) is 1. The first-order valence-electron chi connectivity index (χ1n) is 9.32. The Morgan fingerprint density at radius 1 is 1.19 bits per heavy atom. The van der Waals surface area contributed by atoms with Crippen molar-refractivity contribution < 1.29 is 9.47 Å². The molecule has 6 heteroatoms. The van der Waals surface area contributed by atoms with Crippen LogP contribution in [0.4, 0.5) is 0 Å². The van der Waals surface area contributed by atoms with Crippen LogP contribution in [0, 0.1) is 5.92 Å². The number of nitrogens with zero attached hydrogens (tertiary/aromatic N) is 2. The second-order valence-corrected chi connectivity index (χ2v) is 6.77. The smallest absolute Gasteiger partial charge is 0.194 e. The number of guanidine groups is 1. The molecule has 27 heavy (non-hydrogen) atoms. The molecule has 1 aliphatic rings. The van der Waals surface area contributed by atoms with Crippen molar-refractivity contribution in [1.82, 2.24) is 10.2 Å². The molecule has 0 amide bonds. The van der Waals surface area contributed by atoms with Gasteiger partial charge in [-0.2, -0.15) is 0 Å². The molecule has 1 N–H and O–H groups in total. The zero-order valence-electron chi connectivity index (χ0n) is 16.4. The zero-order valence-corrected chi connectivity index (χ0v) is 18.7. The summed E-state index contributed by atoms with van der Waals surface area (Å²) in [5.41, 5.74) is 1.21. The molecule has 0 aromatic heterocycles. The van der Waals surface area contributed by atoms with Crippen molar-refractivity contribution >= 4 is 40.7 Å². The zero-order chi connectivity index (χ0) is 18.4. The number of nitrogens with one attached hydrogen (secondary N) is 1. The van der Waals surface area contributed by atoms with Gasteiger partial charge >= 0.3 is 0 Å². The predicted octanol–water partition coefficient (Wildman–Crippen LogP) is 3.90. The summed E-state index contributed by atoms with van der Waals surface area (Å²) in [6, 6.07) is 12.7. The van der Waals surface area contributed by atoms with E-state index in [0.29, 0.717) is 12.5 Å². The van der Waals surface area contributed by atoms with Gasteiger partial charge in [-0.1, -0.05) is 18.2 Å². The Balaban J connectivity index is 0.00000261. The van der Waals surface area contributed by atoms with Crippen LogP contribution in [0.2, 0.25) is 0 Å². The molecule has 0 aliphatic carbocycles. The van der Waals surface area contributed by atoms with E-state index in [-0.39, 0.29) is 24.0 Å². The third-order valence-electron chi connectivity index (χ3n) is 4.85. The van der Waals surface area contributed by atoms with E-state index in [4.69, 9.17) is 14.5 Å². The van der Waals surface area contributed by atoms with Gasteiger partial charge in [0.1, 0.15) is 5.75 Å². The summed E-state index contributed by atoms with van der Waals surface area (Å²) in [6.45, 7) is 6.54. The van der Waals surface area contributed by atoms with Gasteiger partial charge in [-0.15, -0.1) is 24.0 Å². The van der Waals surface area contributed by atoms with Crippen LogP contribution in [0.5, 0.6) is 5.75 Å². The highest BCUT2D eigenvalue weighted by Crippen LogP contribution is 2.22. The third-order valence-corrected chi connectivity index (χ3v) is 4.85. The molecule has 1 heterocycles. The van der Waals surface area contributed by atoms with E-state index in [0.717, 1.165) is 44.4 Å². The van der Waals surface area contributed by atoms with E-state index in [1.165, 1.54) is 16.3 Å². The van der Waals surface area contributed by atoms with Gasteiger partial charge in [0.15, 0.2) is 5.96 Å². The van der Waals surface area contributed by atoms with Gasteiger partial charge in [0.2, 0.25) is 0 Å². The molecule has 2 aromatic carbocycles. The first-order valence-corrected chi connectivity index (χ1v) is 9.32. The summed E-state index contributed by atoms with van der Waals surface area (Å²) < 4.78 is 10.6. The average Bonchev–Trinajstić information content (AvgIpc) is 3.13. The van der Waals surface area contributed by atoms with E-state index in [9.17, 15) is 0 Å². The number of benzene rings is 2. The van der Waals surface area contributed by atoms with Crippen LogP contribution in [-0.2, 0) is 11.3 Å². The van der Waals surface area contributed by atoms with E-state index in [1.807, 2.05) is 6.07 Å². The summed E-state index contributed by atoms with van der Waals surface area (Å²) >= 11 is 0. The molecule has 1 unspecified atom stereocenters. The summed E-state index contributed by atoms with van der Waals surface area (Å²) in [6.07, 6.45) is 1.16. The summed E-state index contributed by atoms with van der Waals surface area (Å²) in [5.74, 6) is 2.48. The second-order valence-electron chi connectivity index (χ2n) is 6.77. The molecule has 0 bridgehead atoms. The number of ether oxygens (including phenoxy) is 2. The second kappa shape index (κ2) is 10.7. The quantitative estimate of drug-likeness (QED) is 0.385. The largest absolute Gasteiger partial charge is 0.497 e. The molecule has 3 rings (SSSR count). The Morgan fingerprint density at radius 3 is 2.70 bits per heavy atom. The van der Waals surface area contributed by atoms with Gasteiger partial charge in [-0.05, 0) is 47.9 Å². The maximum atomic E-state index is 5.30. The number of aliphatic imine (C=N–C) groups is 1. The van der Waals surface area contributed by atoms with Gasteiger partial charge < -0.3 is 19.7 Å². The van der Waals surface area contributed by atoms with E-state index >= 15 is 0 Å². The molecule has 0 saturated carbocycles. The normalized spacial score (nSPS) is 17.1. The summed E-state index contributed by atoms with van der Waals surface area (Å²) in [5, 5.41) is 5.83. The van der Waals surface area contributed by atoms with Crippen molar-refractivity contribution in [3.05, 3.63) is 42.0 Å². The van der Waals surface area contributed by atoms with Gasteiger partial charge in [0.25, 0.3) is 0 Å². The lowest BCUT2D eigenvalue weighted by atomic mass is 10.1. The lowest BCUT2D eigenvalue weighted by Gasteiger charge is -2.21. The molecule has 5 nitrogen and oxygen atoms in total. The number of hydrogen-bond donors (Lipinski definition) is 1. The molecule has 1 fully saturated rings. The van der Waals surface area contributed by atoms with Crippen molar-refractivity contribution in [2.24, 2.45) is 10.9 Å². The fraction of sp³-hybridized carbons (Fsp3) is 0.476. The fourth-order valence-corrected chi connectivity index (χ4v) is 3.49. The van der Waals surface area contributed by atoms with E-state index < -0.39 is 0 Å². The van der Waals surface area contributed by atoms with E-state index in [2.05, 4.69) is 47.5 Å². The Kier molecular flexibility index (Phi) is 8.63. The molecular weight excluding hydrogens is 453 g/mol. The van der Waals surface area contributed by atoms with Gasteiger partial charge in [0.05, 0.1) is 20.3 Å². The van der Waals surface area contributed by atoms with Crippen LogP contribution >= 0.6 is 24.0 Å². The van der Waals surface area contributed by atoms with Crippen LogP contribution in [0.1, 0.15) is 18.9 Å². The average molecular weight is 483 g/mol. The maximum Gasteiger partial charge on any atom is 0.194 e. The highest BCUT2D eigenvalue weighted by Gasteiger charge is 2.24. The molecule has 1 aliphatic heterocycles. The lowest BCUT2D eigenvalue weighted by Crippen LogP contribution is -2.40. The van der Waals surface area contributed by atoms with Crippen molar-refractivity contribution in [2.45, 2.75) is 19.9 Å². The van der Waals surface area contributed by atoms with Gasteiger partial charge in [0, 0.05) is 32.7 Å². The van der Waals surface area contributed by atoms with Gasteiger partial charge in [-0.3, -0.25) is 0 Å². The minimum Gasteiger partial charge on any atom is -0.497 e. The minimum atomic E-state index is 0. The third kappa shape index (κ3) is 5.72. The Hall–Kier alpha value is -1.54. The van der Waals surface area contributed by atoms with Crippen molar-refractivity contribution in [3.8, 4) is 5.75 Å². The van der Waals surface area contributed by atoms with Crippen LogP contribution in [0.15, 0.2) is 41.4 Å². The van der Waals surface area contributed by atoms with Crippen molar-refractivity contribution in [2.75, 3.05) is 40.5 Å². The molecule has 0 radical (unpaired) electrons. The molecule has 2 aromatic rings. The monoisotopic (exact) mass is 483 g/mol. The highest BCUT2D eigenvalue weighted by atomic mass is 127. The Bertz CT molecular complexity index is 766. The number of halogens is 1. The molecular formula is C21H30IN3O2. The van der Waals surface area contributed by atoms with Crippen LogP contribution in [-0.4, -0.2) is 51.3 Å². The maximum absolute atomic E-state index is 5.30. The highest BCUT2D eigenvalue weighted by molar-refractivity contribution is 14.0. The summed E-state index contributed by atoms with van der Waals surface area (Å²) in [4.78, 5) is 7.21. The van der Waals surface area contributed by atoms with Crippen LogP contribution < -0.4 is 10.1 Å². The van der Waals surface area contributed by atoms with Crippen molar-refractivity contribution in [3.63, 3.8) is 0 Å². The lowest BCUT2D eigenvalue weighted by molar-refractivity contribution is 0.157. The number of rotatable bonds is 6. The first kappa shape index (κ1) is 21.8. The Labute approximate surface area is 179 Å². The molecule has 1 saturated heterocycles. The predicted molar refractivity (Wildman–Crippen MR) is 122 cm³/mol. The minimum absolute atomic E-state index is 0. The number of methoxy groups -OCH3 is 2. The van der Waals surface area contributed by atoms with Gasteiger partial charge in [-0.25, -0.2) is 4.99 Å². The standard InChI is InChI=1S/C21H29N3O2.HI/c1-4-22-21(24-10-9-17(14-24)15-25-2)23-13-16-5-6-19-12-20(26-3)8-7-18(19)11-16;/h5-8,11-12,17H,4,9-10,13-15H2,1-3H3,(H,22,23);1H. The molecule has 148 valence electrons. The summed E-state index contributed by atoms with van der Waals surface area (Å²) in [7, 11) is 3.47. The number of fused-ring (bicyclic) bond motifs is 1. The SMILES string of the molecule is CCNC(=NCc1ccc2cc(OC)ccc2c1)N1CCC(COC)C1.I. The topological polar surface area (TPSA) is 46.1 Å². The van der Waals surface area contributed by atoms with Crippen molar-refractivity contribution in [1.29, 1.82) is 0 Å². The van der Waals surface area contributed by atoms with Crippen LogP contribution in [0.25, 0.3) is 10.8 Å². The molecule has 0 spiro atoms. The first-order chi connectivity index (χ1) is 12.7. The molecule has 1 atom stereocenters. The number of hydrogen-bond acceptors (Lipinski definition) is 3.